The second-order valence-corrected chi connectivity index (χ2v) is 5.96. The lowest BCUT2D eigenvalue weighted by molar-refractivity contribution is 0.251. The first-order valence-electron chi connectivity index (χ1n) is 7.94. The van der Waals surface area contributed by atoms with E-state index in [1.807, 2.05) is 11.6 Å². The Kier molecular flexibility index (Phi) is 4.50. The number of hydrogen-bond acceptors (Lipinski definition) is 4. The van der Waals surface area contributed by atoms with Gasteiger partial charge in [0.1, 0.15) is 5.82 Å². The van der Waals surface area contributed by atoms with Crippen molar-refractivity contribution in [2.24, 2.45) is 0 Å². The minimum Gasteiger partial charge on any atom is -0.333 e. The number of aromatic nitrogens is 4. The van der Waals surface area contributed by atoms with E-state index < -0.39 is 17.3 Å². The molecule has 2 aromatic rings. The molecule has 0 spiro atoms. The Morgan fingerprint density at radius 3 is 2.83 bits per heavy atom. The summed E-state index contributed by atoms with van der Waals surface area (Å²) >= 11 is 0. The summed E-state index contributed by atoms with van der Waals surface area (Å²) in [6.07, 6.45) is 7.48. The summed E-state index contributed by atoms with van der Waals surface area (Å²) < 4.78 is 1.87. The van der Waals surface area contributed by atoms with Crippen LogP contribution in [-0.2, 0) is 6.54 Å². The number of rotatable bonds is 4. The van der Waals surface area contributed by atoms with Crippen LogP contribution in [0.4, 0.5) is 10.6 Å². The molecular formula is C15H20N6O3. The molecule has 0 saturated heterocycles. The molecule has 0 radical (unpaired) electrons. The summed E-state index contributed by atoms with van der Waals surface area (Å²) in [7, 11) is 0. The molecule has 0 aliphatic heterocycles. The van der Waals surface area contributed by atoms with Gasteiger partial charge in [0.05, 0.1) is 24.3 Å². The van der Waals surface area contributed by atoms with E-state index in [4.69, 9.17) is 0 Å². The Hall–Kier alpha value is -2.84. The van der Waals surface area contributed by atoms with E-state index in [1.165, 1.54) is 19.0 Å². The van der Waals surface area contributed by atoms with Crippen LogP contribution < -0.4 is 21.9 Å². The van der Waals surface area contributed by atoms with Crippen LogP contribution in [0.15, 0.2) is 22.0 Å². The van der Waals surface area contributed by atoms with Gasteiger partial charge in [-0.1, -0.05) is 12.8 Å². The highest BCUT2D eigenvalue weighted by molar-refractivity contribution is 5.89. The molecule has 9 nitrogen and oxygen atoms in total. The molecule has 3 rings (SSSR count). The van der Waals surface area contributed by atoms with Crippen molar-refractivity contribution < 1.29 is 4.79 Å². The molecule has 0 aromatic carbocycles. The number of urea groups is 1. The molecular weight excluding hydrogens is 312 g/mol. The predicted molar refractivity (Wildman–Crippen MR) is 88.0 cm³/mol. The van der Waals surface area contributed by atoms with E-state index in [-0.39, 0.29) is 12.1 Å². The fraction of sp³-hybridized carbons (Fsp3) is 0.467. The molecule has 1 saturated carbocycles. The molecule has 1 aliphatic carbocycles. The lowest BCUT2D eigenvalue weighted by Crippen LogP contribution is -2.33. The third kappa shape index (κ3) is 3.39. The van der Waals surface area contributed by atoms with E-state index in [0.717, 1.165) is 18.4 Å². The lowest BCUT2D eigenvalue weighted by atomic mass is 10.2. The summed E-state index contributed by atoms with van der Waals surface area (Å²) in [6.45, 7) is 1.90. The van der Waals surface area contributed by atoms with Crippen molar-refractivity contribution in [2.75, 3.05) is 5.32 Å². The fourth-order valence-corrected chi connectivity index (χ4v) is 2.93. The van der Waals surface area contributed by atoms with Gasteiger partial charge in [-0.3, -0.25) is 15.1 Å². The van der Waals surface area contributed by atoms with Gasteiger partial charge < -0.3 is 10.3 Å². The third-order valence-electron chi connectivity index (χ3n) is 4.22. The number of amides is 2. The monoisotopic (exact) mass is 332 g/mol. The van der Waals surface area contributed by atoms with Crippen molar-refractivity contribution in [3.8, 4) is 0 Å². The smallest absolute Gasteiger partial charge is 0.325 e. The second kappa shape index (κ2) is 6.73. The molecule has 2 amide bonds. The van der Waals surface area contributed by atoms with Crippen LogP contribution in [0.1, 0.15) is 42.9 Å². The summed E-state index contributed by atoms with van der Waals surface area (Å²) in [6, 6.07) is -0.112. The van der Waals surface area contributed by atoms with Crippen LogP contribution in [0.2, 0.25) is 0 Å². The van der Waals surface area contributed by atoms with E-state index >= 15 is 0 Å². The molecule has 0 atom stereocenters. The zero-order valence-electron chi connectivity index (χ0n) is 13.4. The number of hydrogen-bond donors (Lipinski definition) is 4. The minimum absolute atomic E-state index is 0.00849. The summed E-state index contributed by atoms with van der Waals surface area (Å²) in [5.41, 5.74) is 0.0558. The van der Waals surface area contributed by atoms with Gasteiger partial charge in [0.2, 0.25) is 0 Å². The number of carbonyl (C=O) groups excluding carboxylic acids is 1. The largest absolute Gasteiger partial charge is 0.333 e. The van der Waals surface area contributed by atoms with Crippen LogP contribution >= 0.6 is 0 Å². The summed E-state index contributed by atoms with van der Waals surface area (Å²) in [5, 5.41) is 9.78. The molecule has 2 heterocycles. The maximum absolute atomic E-state index is 12.1. The number of aromatic amines is 2. The van der Waals surface area contributed by atoms with Gasteiger partial charge in [0.15, 0.2) is 0 Å². The van der Waals surface area contributed by atoms with Crippen molar-refractivity contribution in [3.63, 3.8) is 0 Å². The molecule has 1 aliphatic rings. The van der Waals surface area contributed by atoms with Gasteiger partial charge in [-0.25, -0.2) is 14.3 Å². The maximum atomic E-state index is 12.1. The molecule has 2 aromatic heterocycles. The zero-order chi connectivity index (χ0) is 17.1. The lowest BCUT2D eigenvalue weighted by Gasteiger charge is -2.15. The normalized spacial score (nSPS) is 14.7. The highest BCUT2D eigenvalue weighted by Crippen LogP contribution is 2.32. The van der Waals surface area contributed by atoms with Crippen molar-refractivity contribution in [1.82, 2.24) is 25.1 Å². The van der Waals surface area contributed by atoms with E-state index in [0.29, 0.717) is 11.9 Å². The van der Waals surface area contributed by atoms with Crippen LogP contribution in [0.25, 0.3) is 0 Å². The second-order valence-electron chi connectivity index (χ2n) is 5.96. The number of H-pyrrole nitrogens is 2. The highest BCUT2D eigenvalue weighted by atomic mass is 16.2. The first-order valence-corrected chi connectivity index (χ1v) is 7.94. The molecule has 0 unspecified atom stereocenters. The standard InChI is InChI=1S/C15H20N6O3/c1-9-6-18-21(11-4-2-3-5-11)12(9)19-14(23)16-7-10-8-17-15(24)20-13(10)22/h6,8,11H,2-5,7H2,1H3,(H2,16,19,23)(H2,17,20,22,24). The quantitative estimate of drug-likeness (QED) is 0.666. The summed E-state index contributed by atoms with van der Waals surface area (Å²) in [4.78, 5) is 39.2. The molecule has 1 fully saturated rings. The van der Waals surface area contributed by atoms with Gasteiger partial charge in [-0.2, -0.15) is 5.10 Å². The van der Waals surface area contributed by atoms with Crippen LogP contribution in [0, 0.1) is 6.92 Å². The Balaban J connectivity index is 1.66. The SMILES string of the molecule is Cc1cnn(C2CCCC2)c1NC(=O)NCc1c[nH]c(=O)[nH]c1=O. The van der Waals surface area contributed by atoms with Crippen molar-refractivity contribution >= 4 is 11.8 Å². The molecule has 128 valence electrons. The topological polar surface area (TPSA) is 125 Å². The van der Waals surface area contributed by atoms with Crippen molar-refractivity contribution in [1.29, 1.82) is 0 Å². The minimum atomic E-state index is -0.579. The zero-order valence-corrected chi connectivity index (χ0v) is 13.4. The average molecular weight is 332 g/mol. The van der Waals surface area contributed by atoms with Crippen LogP contribution in [-0.4, -0.2) is 25.8 Å². The highest BCUT2D eigenvalue weighted by Gasteiger charge is 2.22. The number of nitrogens with zero attached hydrogens (tertiary/aromatic N) is 2. The predicted octanol–water partition coefficient (Wildman–Crippen LogP) is 1.00. The summed E-state index contributed by atoms with van der Waals surface area (Å²) in [5.74, 6) is 0.676. The van der Waals surface area contributed by atoms with Gasteiger partial charge in [-0.05, 0) is 19.8 Å². The first kappa shape index (κ1) is 16.0. The number of nitrogens with one attached hydrogen (secondary N) is 4. The number of anilines is 1. The molecule has 0 bridgehead atoms. The Bertz CT molecular complexity index is 843. The van der Waals surface area contributed by atoms with Crippen LogP contribution in [0.5, 0.6) is 0 Å². The average Bonchev–Trinajstić information content (AvgIpc) is 3.17. The van der Waals surface area contributed by atoms with Gasteiger partial charge in [0.25, 0.3) is 5.56 Å². The molecule has 4 N–H and O–H groups in total. The number of aryl methyl sites for hydroxylation is 1. The van der Waals surface area contributed by atoms with Gasteiger partial charge >= 0.3 is 11.7 Å². The van der Waals surface area contributed by atoms with E-state index in [2.05, 4.69) is 25.7 Å². The van der Waals surface area contributed by atoms with Crippen molar-refractivity contribution in [3.05, 3.63) is 44.4 Å². The maximum Gasteiger partial charge on any atom is 0.325 e. The van der Waals surface area contributed by atoms with Gasteiger partial charge in [-0.15, -0.1) is 0 Å². The Morgan fingerprint density at radius 2 is 2.12 bits per heavy atom. The van der Waals surface area contributed by atoms with E-state index in [9.17, 15) is 14.4 Å². The Labute approximate surface area is 137 Å². The third-order valence-corrected chi connectivity index (χ3v) is 4.22. The molecule has 9 heteroatoms. The van der Waals surface area contributed by atoms with Crippen LogP contribution in [0.3, 0.4) is 0 Å². The molecule has 24 heavy (non-hydrogen) atoms. The number of carbonyl (C=O) groups is 1. The first-order chi connectivity index (χ1) is 11.5. The fourth-order valence-electron chi connectivity index (χ4n) is 2.93. The van der Waals surface area contributed by atoms with E-state index in [1.54, 1.807) is 6.20 Å². The Morgan fingerprint density at radius 1 is 1.38 bits per heavy atom. The van der Waals surface area contributed by atoms with Gasteiger partial charge in [0, 0.05) is 11.8 Å². The van der Waals surface area contributed by atoms with Crippen molar-refractivity contribution in [2.45, 2.75) is 45.2 Å².